The van der Waals surface area contributed by atoms with E-state index in [4.69, 9.17) is 27.2 Å². The molecular formula is C45H76O6Si4. The molecule has 2 aliphatic carbocycles. The molecule has 2 aliphatic heterocycles. The fraction of sp³-hybridized carbons (Fsp3) is 0.733. The zero-order valence-corrected chi connectivity index (χ0v) is 40.3. The van der Waals surface area contributed by atoms with Crippen LogP contribution in [0.1, 0.15) is 89.2 Å². The van der Waals surface area contributed by atoms with Crippen LogP contribution in [0, 0.1) is 11.8 Å². The molecule has 2 saturated carbocycles. The van der Waals surface area contributed by atoms with Gasteiger partial charge in [-0.05, 0) is 175 Å². The molecule has 6 atom stereocenters. The first-order valence-corrected chi connectivity index (χ1v) is 34.5. The molecule has 10 heteroatoms. The third-order valence-electron chi connectivity index (χ3n) is 13.2. The van der Waals surface area contributed by atoms with E-state index >= 15 is 0 Å². The van der Waals surface area contributed by atoms with E-state index in [-0.39, 0.29) is 5.41 Å². The quantitative estimate of drug-likeness (QED) is 0.0669. The van der Waals surface area contributed by atoms with Gasteiger partial charge >= 0.3 is 0 Å². The summed E-state index contributed by atoms with van der Waals surface area (Å²) in [6.45, 7) is 25.4. The van der Waals surface area contributed by atoms with Gasteiger partial charge in [-0.1, -0.05) is 51.0 Å². The molecule has 308 valence electrons. The van der Waals surface area contributed by atoms with Crippen LogP contribution < -0.4 is 9.47 Å². The van der Waals surface area contributed by atoms with Crippen LogP contribution in [-0.4, -0.2) is 70.9 Å². The first-order chi connectivity index (χ1) is 25.9. The van der Waals surface area contributed by atoms with Crippen LogP contribution in [0.25, 0.3) is 0 Å². The van der Waals surface area contributed by atoms with Crippen LogP contribution in [-0.2, 0) is 23.1 Å². The molecule has 0 spiro atoms. The highest BCUT2D eigenvalue weighted by molar-refractivity contribution is 6.85. The van der Waals surface area contributed by atoms with Gasteiger partial charge in [0.25, 0.3) is 0 Å². The monoisotopic (exact) mass is 824 g/mol. The molecule has 6 nitrogen and oxygen atoms in total. The van der Waals surface area contributed by atoms with Gasteiger partial charge in [0, 0.05) is 5.41 Å². The number of epoxide rings is 2. The zero-order valence-electron chi connectivity index (χ0n) is 36.3. The van der Waals surface area contributed by atoms with Gasteiger partial charge in [0.1, 0.15) is 11.5 Å². The van der Waals surface area contributed by atoms with Crippen molar-refractivity contribution in [2.75, 3.05) is 13.2 Å². The van der Waals surface area contributed by atoms with Gasteiger partial charge in [0.05, 0.1) is 37.6 Å². The van der Waals surface area contributed by atoms with Crippen molar-refractivity contribution >= 4 is 33.3 Å². The van der Waals surface area contributed by atoms with E-state index in [0.29, 0.717) is 24.4 Å². The van der Waals surface area contributed by atoms with Gasteiger partial charge in [-0.15, -0.1) is 0 Å². The molecule has 2 aromatic carbocycles. The predicted molar refractivity (Wildman–Crippen MR) is 238 cm³/mol. The number of hydrogen-bond acceptors (Lipinski definition) is 6. The predicted octanol–water partition coefficient (Wildman–Crippen LogP) is 12.3. The summed E-state index contributed by atoms with van der Waals surface area (Å²) in [5.41, 5.74) is 2.44. The summed E-state index contributed by atoms with van der Waals surface area (Å²) in [4.78, 5) is 0. The molecule has 6 rings (SSSR count). The van der Waals surface area contributed by atoms with Gasteiger partial charge < -0.3 is 27.2 Å². The first-order valence-electron chi connectivity index (χ1n) is 22.1. The van der Waals surface area contributed by atoms with Gasteiger partial charge in [0.15, 0.2) is 33.3 Å². The molecular weight excluding hydrogens is 749 g/mol. The number of hydrogen-bond donors (Lipinski definition) is 0. The Morgan fingerprint density at radius 2 is 0.873 bits per heavy atom. The van der Waals surface area contributed by atoms with Crippen molar-refractivity contribution in [1.82, 2.24) is 0 Å². The maximum absolute atomic E-state index is 6.96. The van der Waals surface area contributed by atoms with Crippen molar-refractivity contribution in [3.63, 3.8) is 0 Å². The van der Waals surface area contributed by atoms with Crippen LogP contribution in [0.4, 0.5) is 0 Å². The van der Waals surface area contributed by atoms with E-state index in [0.717, 1.165) is 61.5 Å². The minimum Gasteiger partial charge on any atom is -0.494 e. The second-order valence-corrected chi connectivity index (χ2v) is 38.4. The Labute approximate surface area is 339 Å². The van der Waals surface area contributed by atoms with Crippen molar-refractivity contribution in [2.24, 2.45) is 11.8 Å². The number of rotatable bonds is 22. The molecule has 0 radical (unpaired) electrons. The average Bonchev–Trinajstić information content (AvgIpc) is 4.05. The summed E-state index contributed by atoms with van der Waals surface area (Å²) in [5, 5.41) is 0. The van der Waals surface area contributed by atoms with Crippen LogP contribution in [0.3, 0.4) is 0 Å². The molecule has 2 heterocycles. The summed E-state index contributed by atoms with van der Waals surface area (Å²) in [6, 6.07) is 22.3. The molecule has 0 aromatic heterocycles. The van der Waals surface area contributed by atoms with E-state index in [1.807, 2.05) is 0 Å². The number of ether oxygens (including phenoxy) is 4. The van der Waals surface area contributed by atoms with Crippen molar-refractivity contribution in [2.45, 2.75) is 184 Å². The summed E-state index contributed by atoms with van der Waals surface area (Å²) < 4.78 is 37.9. The van der Waals surface area contributed by atoms with E-state index in [1.165, 1.54) is 74.6 Å². The largest absolute Gasteiger partial charge is 0.494 e. The minimum atomic E-state index is -1.74. The van der Waals surface area contributed by atoms with Gasteiger partial charge in [-0.3, -0.25) is 0 Å². The van der Waals surface area contributed by atoms with E-state index in [9.17, 15) is 0 Å². The smallest absolute Gasteiger partial charge is 0.173 e. The lowest BCUT2D eigenvalue weighted by Gasteiger charge is -2.35. The minimum absolute atomic E-state index is 0.124. The molecule has 2 aromatic rings. The zero-order chi connectivity index (χ0) is 39.5. The summed E-state index contributed by atoms with van der Waals surface area (Å²) in [6.07, 6.45) is 14.9. The van der Waals surface area contributed by atoms with Gasteiger partial charge in [-0.2, -0.15) is 0 Å². The van der Waals surface area contributed by atoms with E-state index < -0.39 is 33.3 Å². The lowest BCUT2D eigenvalue weighted by atomic mass is 9.78. The second-order valence-electron chi connectivity index (χ2n) is 20.7. The third kappa shape index (κ3) is 13.4. The Kier molecular flexibility index (Phi) is 14.1. The first kappa shape index (κ1) is 43.3. The van der Waals surface area contributed by atoms with Crippen molar-refractivity contribution in [1.29, 1.82) is 0 Å². The highest BCUT2D eigenvalue weighted by Crippen LogP contribution is 2.43. The van der Waals surface area contributed by atoms with Crippen molar-refractivity contribution < 1.29 is 27.2 Å². The summed E-state index contributed by atoms with van der Waals surface area (Å²) in [7, 11) is -6.81. The molecule has 4 fully saturated rings. The Balaban J connectivity index is 0.864. The van der Waals surface area contributed by atoms with Crippen molar-refractivity contribution in [3.05, 3.63) is 59.7 Å². The van der Waals surface area contributed by atoms with Crippen LogP contribution in [0.5, 0.6) is 11.5 Å². The second kappa shape index (κ2) is 17.9. The molecule has 6 unspecified atom stereocenters. The Bertz CT molecular complexity index is 1400. The van der Waals surface area contributed by atoms with E-state index in [2.05, 4.69) is 115 Å². The third-order valence-corrected chi connectivity index (χ3v) is 28.1. The summed E-state index contributed by atoms with van der Waals surface area (Å²) in [5.74, 6) is 3.58. The number of fused-ring (bicyclic) bond motifs is 2. The Hall–Kier alpha value is -1.25. The topological polar surface area (TPSA) is 62.0 Å². The van der Waals surface area contributed by atoms with Gasteiger partial charge in [0.2, 0.25) is 0 Å². The average molecular weight is 825 g/mol. The lowest BCUT2D eigenvalue weighted by molar-refractivity contribution is 0.314. The number of benzene rings is 2. The van der Waals surface area contributed by atoms with Gasteiger partial charge in [-0.25, -0.2) is 0 Å². The lowest BCUT2D eigenvalue weighted by Crippen LogP contribution is -2.44. The maximum Gasteiger partial charge on any atom is 0.173 e. The molecule has 0 amide bonds. The Morgan fingerprint density at radius 3 is 1.24 bits per heavy atom. The maximum atomic E-state index is 6.96. The normalized spacial score (nSPS) is 25.6. The molecule has 4 aliphatic rings. The SMILES string of the molecule is CC(C)(c1ccc(OCCC[Si](C)(C)O[Si](C)(C)CCC2CCC3OC3C2)cc1)c1ccc(OCCC[Si](C)(C)O[Si](C)(C)CCC2CCC3OC3C2)cc1. The summed E-state index contributed by atoms with van der Waals surface area (Å²) >= 11 is 0. The van der Waals surface area contributed by atoms with Crippen LogP contribution in [0.15, 0.2) is 48.5 Å². The Morgan fingerprint density at radius 1 is 0.509 bits per heavy atom. The highest BCUT2D eigenvalue weighted by Gasteiger charge is 2.45. The molecule has 0 N–H and O–H groups in total. The van der Waals surface area contributed by atoms with E-state index in [1.54, 1.807) is 0 Å². The van der Waals surface area contributed by atoms with Crippen molar-refractivity contribution in [3.8, 4) is 11.5 Å². The standard InChI is InChI=1S/C45H76O6Si4/c1-45(2,37-15-19-39(20-16-37)46-27-11-29-52(3,4)50-54(7,8)31-25-35-13-23-41-43(33-35)48-41)38-17-21-40(22-18-38)47-28-12-30-53(5,6)51-55(9,10)32-26-36-14-24-42-44(34-36)49-42/h15-22,35-36,41-44H,11-14,23-34H2,1-10H3. The highest BCUT2D eigenvalue weighted by atomic mass is 28.4. The molecule has 2 saturated heterocycles. The fourth-order valence-electron chi connectivity index (χ4n) is 9.78. The van der Waals surface area contributed by atoms with Crippen LogP contribution in [0.2, 0.25) is 76.6 Å². The van der Waals surface area contributed by atoms with Crippen LogP contribution >= 0.6 is 0 Å². The fourth-order valence-corrected chi connectivity index (χ4v) is 27.6. The molecule has 55 heavy (non-hydrogen) atoms. The molecule has 0 bridgehead atoms.